The monoisotopic (exact) mass is 295 g/mol. The van der Waals surface area contributed by atoms with E-state index in [-0.39, 0.29) is 24.2 Å². The zero-order valence-corrected chi connectivity index (χ0v) is 11.4. The number of rotatable bonds is 6. The van der Waals surface area contributed by atoms with Crippen molar-refractivity contribution in [3.05, 3.63) is 34.4 Å². The molecule has 2 N–H and O–H groups in total. The summed E-state index contributed by atoms with van der Waals surface area (Å²) in [4.78, 5) is 22.9. The first kappa shape index (κ1) is 15.2. The Labute approximate surface area is 121 Å². The molecule has 2 rings (SSSR count). The number of hydrogen-bond acceptors (Lipinski definition) is 6. The summed E-state index contributed by atoms with van der Waals surface area (Å²) in [5.41, 5.74) is 5.18. The molecule has 1 heterocycles. The molecule has 0 saturated carbocycles. The van der Waals surface area contributed by atoms with Crippen molar-refractivity contribution in [1.82, 2.24) is 4.90 Å². The predicted molar refractivity (Wildman–Crippen MR) is 74.0 cm³/mol. The molecule has 8 heteroatoms. The van der Waals surface area contributed by atoms with Crippen molar-refractivity contribution in [3.63, 3.8) is 0 Å². The van der Waals surface area contributed by atoms with Crippen LogP contribution >= 0.6 is 0 Å². The van der Waals surface area contributed by atoms with Gasteiger partial charge < -0.3 is 15.2 Å². The average Bonchev–Trinajstić information content (AvgIpc) is 2.45. The average molecular weight is 295 g/mol. The van der Waals surface area contributed by atoms with Gasteiger partial charge in [0.1, 0.15) is 18.5 Å². The number of nitrogens with zero attached hydrogens (tertiary/aromatic N) is 2. The van der Waals surface area contributed by atoms with E-state index in [9.17, 15) is 14.9 Å². The Morgan fingerprint density at radius 3 is 2.81 bits per heavy atom. The third-order valence-corrected chi connectivity index (χ3v) is 3.09. The summed E-state index contributed by atoms with van der Waals surface area (Å²) in [6.45, 7) is 2.26. The van der Waals surface area contributed by atoms with Crippen LogP contribution in [0.3, 0.4) is 0 Å². The zero-order valence-electron chi connectivity index (χ0n) is 11.4. The van der Waals surface area contributed by atoms with E-state index in [4.69, 9.17) is 15.2 Å². The van der Waals surface area contributed by atoms with Crippen LogP contribution in [0.2, 0.25) is 0 Å². The SMILES string of the molecule is NC(=O)CN1CCO[C@@H](COc2ccc([N+](=O)[O-])cc2)C1. The van der Waals surface area contributed by atoms with Crippen LogP contribution in [0, 0.1) is 10.1 Å². The molecule has 0 bridgehead atoms. The molecule has 0 spiro atoms. The topological polar surface area (TPSA) is 108 Å². The van der Waals surface area contributed by atoms with Crippen LogP contribution in [0.5, 0.6) is 5.75 Å². The highest BCUT2D eigenvalue weighted by molar-refractivity contribution is 5.75. The molecule has 0 aromatic heterocycles. The highest BCUT2D eigenvalue weighted by Gasteiger charge is 2.22. The number of non-ortho nitro benzene ring substituents is 1. The van der Waals surface area contributed by atoms with E-state index in [0.717, 1.165) is 0 Å². The van der Waals surface area contributed by atoms with Gasteiger partial charge in [0, 0.05) is 25.2 Å². The Hall–Kier alpha value is -2.19. The van der Waals surface area contributed by atoms with Crippen molar-refractivity contribution >= 4 is 11.6 Å². The molecule has 1 saturated heterocycles. The van der Waals surface area contributed by atoms with E-state index >= 15 is 0 Å². The minimum Gasteiger partial charge on any atom is -0.491 e. The maximum Gasteiger partial charge on any atom is 0.269 e. The van der Waals surface area contributed by atoms with Gasteiger partial charge in [-0.15, -0.1) is 0 Å². The Balaban J connectivity index is 1.82. The number of nitro groups is 1. The third-order valence-electron chi connectivity index (χ3n) is 3.09. The van der Waals surface area contributed by atoms with Gasteiger partial charge in [0.2, 0.25) is 5.91 Å². The molecule has 8 nitrogen and oxygen atoms in total. The van der Waals surface area contributed by atoms with Gasteiger partial charge in [0.25, 0.3) is 5.69 Å². The number of hydrogen-bond donors (Lipinski definition) is 1. The van der Waals surface area contributed by atoms with Crippen molar-refractivity contribution in [2.24, 2.45) is 5.73 Å². The highest BCUT2D eigenvalue weighted by Crippen LogP contribution is 2.18. The van der Waals surface area contributed by atoms with Crippen LogP contribution in [0.1, 0.15) is 0 Å². The van der Waals surface area contributed by atoms with E-state index in [1.807, 2.05) is 4.90 Å². The lowest BCUT2D eigenvalue weighted by Crippen LogP contribution is -2.47. The molecule has 1 aromatic carbocycles. The fraction of sp³-hybridized carbons (Fsp3) is 0.462. The van der Waals surface area contributed by atoms with Crippen molar-refractivity contribution in [2.45, 2.75) is 6.10 Å². The Morgan fingerprint density at radius 2 is 2.19 bits per heavy atom. The molecular formula is C13H17N3O5. The summed E-state index contributed by atoms with van der Waals surface area (Å²) in [6.07, 6.45) is -0.159. The van der Waals surface area contributed by atoms with Crippen LogP contribution in [0.15, 0.2) is 24.3 Å². The van der Waals surface area contributed by atoms with Crippen molar-refractivity contribution in [2.75, 3.05) is 32.8 Å². The number of nitro benzene ring substituents is 1. The molecule has 0 unspecified atom stereocenters. The summed E-state index contributed by atoms with van der Waals surface area (Å²) in [6, 6.07) is 5.86. The molecule has 21 heavy (non-hydrogen) atoms. The maximum atomic E-state index is 10.9. The second-order valence-corrected chi connectivity index (χ2v) is 4.76. The molecular weight excluding hydrogens is 278 g/mol. The zero-order chi connectivity index (χ0) is 15.2. The molecule has 1 aromatic rings. The quantitative estimate of drug-likeness (QED) is 0.591. The van der Waals surface area contributed by atoms with E-state index in [2.05, 4.69) is 0 Å². The van der Waals surface area contributed by atoms with Gasteiger partial charge >= 0.3 is 0 Å². The van der Waals surface area contributed by atoms with Gasteiger partial charge in [-0.05, 0) is 12.1 Å². The van der Waals surface area contributed by atoms with Crippen LogP contribution in [-0.4, -0.2) is 54.7 Å². The van der Waals surface area contributed by atoms with Crippen molar-refractivity contribution in [1.29, 1.82) is 0 Å². The largest absolute Gasteiger partial charge is 0.491 e. The van der Waals surface area contributed by atoms with Crippen LogP contribution in [-0.2, 0) is 9.53 Å². The molecule has 114 valence electrons. The van der Waals surface area contributed by atoms with Crippen molar-refractivity contribution in [3.8, 4) is 5.75 Å². The summed E-state index contributed by atoms with van der Waals surface area (Å²) in [7, 11) is 0. The van der Waals surface area contributed by atoms with Crippen LogP contribution in [0.25, 0.3) is 0 Å². The van der Waals surface area contributed by atoms with E-state index in [1.165, 1.54) is 12.1 Å². The number of carbonyl (C=O) groups is 1. The Bertz CT molecular complexity index is 505. The minimum atomic E-state index is -0.463. The van der Waals surface area contributed by atoms with Gasteiger partial charge in [0.05, 0.1) is 18.1 Å². The number of primary amides is 1. The number of carbonyl (C=O) groups excluding carboxylic acids is 1. The summed E-state index contributed by atoms with van der Waals surface area (Å²) < 4.78 is 11.1. The van der Waals surface area contributed by atoms with Gasteiger partial charge in [-0.25, -0.2) is 0 Å². The molecule has 1 fully saturated rings. The second-order valence-electron chi connectivity index (χ2n) is 4.76. The standard InChI is InChI=1S/C13H17N3O5/c14-13(17)8-15-5-6-20-12(7-15)9-21-11-3-1-10(2-4-11)16(18)19/h1-4,12H,5-9H2,(H2,14,17)/t12-/m1/s1. The summed E-state index contributed by atoms with van der Waals surface area (Å²) in [5, 5.41) is 10.5. The number of ether oxygens (including phenoxy) is 2. The lowest BCUT2D eigenvalue weighted by molar-refractivity contribution is -0.384. The highest BCUT2D eigenvalue weighted by atomic mass is 16.6. The Morgan fingerprint density at radius 1 is 1.48 bits per heavy atom. The van der Waals surface area contributed by atoms with Crippen LogP contribution in [0.4, 0.5) is 5.69 Å². The first-order valence-corrected chi connectivity index (χ1v) is 6.54. The van der Waals surface area contributed by atoms with Gasteiger partial charge in [0.15, 0.2) is 0 Å². The molecule has 1 aliphatic rings. The lowest BCUT2D eigenvalue weighted by atomic mass is 10.2. The number of amides is 1. The number of benzene rings is 1. The van der Waals surface area contributed by atoms with Crippen LogP contribution < -0.4 is 10.5 Å². The van der Waals surface area contributed by atoms with E-state index < -0.39 is 4.92 Å². The Kier molecular flexibility index (Phi) is 5.07. The van der Waals surface area contributed by atoms with Gasteiger partial charge in [-0.3, -0.25) is 19.8 Å². The fourth-order valence-electron chi connectivity index (χ4n) is 2.10. The molecule has 0 aliphatic carbocycles. The lowest BCUT2D eigenvalue weighted by Gasteiger charge is -2.31. The molecule has 1 amide bonds. The predicted octanol–water partition coefficient (Wildman–Crippen LogP) is 0.160. The first-order chi connectivity index (χ1) is 10.0. The van der Waals surface area contributed by atoms with E-state index in [1.54, 1.807) is 12.1 Å². The van der Waals surface area contributed by atoms with E-state index in [0.29, 0.717) is 32.1 Å². The number of morpholine rings is 1. The normalized spacial score (nSPS) is 19.1. The fourth-order valence-corrected chi connectivity index (χ4v) is 2.10. The third kappa shape index (κ3) is 4.69. The van der Waals surface area contributed by atoms with Gasteiger partial charge in [-0.1, -0.05) is 0 Å². The first-order valence-electron chi connectivity index (χ1n) is 6.54. The smallest absolute Gasteiger partial charge is 0.269 e. The second kappa shape index (κ2) is 7.00. The summed E-state index contributed by atoms with van der Waals surface area (Å²) in [5.74, 6) is 0.170. The van der Waals surface area contributed by atoms with Gasteiger partial charge in [-0.2, -0.15) is 0 Å². The molecule has 1 atom stereocenters. The maximum absolute atomic E-state index is 10.9. The van der Waals surface area contributed by atoms with Crippen molar-refractivity contribution < 1.29 is 19.2 Å². The summed E-state index contributed by atoms with van der Waals surface area (Å²) >= 11 is 0. The minimum absolute atomic E-state index is 0.0175. The molecule has 1 aliphatic heterocycles. The number of nitrogens with two attached hydrogens (primary N) is 1. The molecule has 0 radical (unpaired) electrons.